The summed E-state index contributed by atoms with van der Waals surface area (Å²) in [5.74, 6) is 0.644. The molecule has 0 aliphatic rings. The van der Waals surface area contributed by atoms with Gasteiger partial charge in [0.1, 0.15) is 5.75 Å². The summed E-state index contributed by atoms with van der Waals surface area (Å²) in [5, 5.41) is 5.29. The van der Waals surface area contributed by atoms with Crippen LogP contribution in [0.15, 0.2) is 60.0 Å². The number of rotatable bonds is 6. The summed E-state index contributed by atoms with van der Waals surface area (Å²) in [7, 11) is 0. The molecule has 1 heterocycles. The molecule has 3 N–H and O–H groups in total. The summed E-state index contributed by atoms with van der Waals surface area (Å²) >= 11 is 1.37. The molecular weight excluding hydrogens is 322 g/mol. The molecule has 0 saturated heterocycles. The van der Waals surface area contributed by atoms with E-state index in [1.165, 1.54) is 11.3 Å². The highest BCUT2D eigenvalue weighted by Gasteiger charge is 2.10. The Balaban J connectivity index is 1.60. The SMILES string of the molecule is Nc1nc(-c2ccccc2NC(=O)CCOc2ccccc2)cs1. The zero-order chi connectivity index (χ0) is 16.8. The Labute approximate surface area is 144 Å². The molecule has 1 aromatic heterocycles. The fraction of sp³-hybridized carbons (Fsp3) is 0.111. The van der Waals surface area contributed by atoms with E-state index >= 15 is 0 Å². The highest BCUT2D eigenvalue weighted by atomic mass is 32.1. The molecule has 0 unspecified atom stereocenters. The zero-order valence-corrected chi connectivity index (χ0v) is 13.8. The molecule has 1 amide bonds. The maximum atomic E-state index is 12.2. The number of ether oxygens (including phenoxy) is 1. The Hall–Kier alpha value is -2.86. The summed E-state index contributed by atoms with van der Waals surface area (Å²) in [6.45, 7) is 0.321. The number of carbonyl (C=O) groups excluding carboxylic acids is 1. The normalized spacial score (nSPS) is 10.3. The summed E-state index contributed by atoms with van der Waals surface area (Å²) < 4.78 is 5.54. The maximum Gasteiger partial charge on any atom is 0.227 e. The van der Waals surface area contributed by atoms with Gasteiger partial charge in [-0.05, 0) is 18.2 Å². The number of anilines is 2. The van der Waals surface area contributed by atoms with Crippen molar-refractivity contribution >= 4 is 28.1 Å². The number of nitrogens with zero attached hydrogens (tertiary/aromatic N) is 1. The van der Waals surface area contributed by atoms with Gasteiger partial charge in [0, 0.05) is 10.9 Å². The van der Waals surface area contributed by atoms with Crippen molar-refractivity contribution in [2.24, 2.45) is 0 Å². The minimum atomic E-state index is -0.110. The van der Waals surface area contributed by atoms with Crippen LogP contribution in [-0.2, 0) is 4.79 Å². The van der Waals surface area contributed by atoms with E-state index in [1.807, 2.05) is 60.0 Å². The van der Waals surface area contributed by atoms with E-state index < -0.39 is 0 Å². The number of nitrogens with one attached hydrogen (secondary N) is 1. The van der Waals surface area contributed by atoms with Crippen LogP contribution in [0.3, 0.4) is 0 Å². The number of nitrogens with two attached hydrogens (primary N) is 1. The quantitative estimate of drug-likeness (QED) is 0.716. The van der Waals surface area contributed by atoms with Crippen LogP contribution < -0.4 is 15.8 Å². The van der Waals surface area contributed by atoms with Crippen molar-refractivity contribution in [2.75, 3.05) is 17.7 Å². The fourth-order valence-corrected chi connectivity index (χ4v) is 2.78. The smallest absolute Gasteiger partial charge is 0.227 e. The molecule has 6 heteroatoms. The lowest BCUT2D eigenvalue weighted by Gasteiger charge is -2.10. The number of benzene rings is 2. The van der Waals surface area contributed by atoms with Gasteiger partial charge in [-0.2, -0.15) is 0 Å². The number of aromatic nitrogens is 1. The average molecular weight is 339 g/mol. The molecule has 0 atom stereocenters. The number of thiazole rings is 1. The van der Waals surface area contributed by atoms with E-state index in [9.17, 15) is 4.79 Å². The van der Waals surface area contributed by atoms with Gasteiger partial charge in [0.05, 0.1) is 24.4 Å². The van der Waals surface area contributed by atoms with Crippen molar-refractivity contribution in [1.82, 2.24) is 4.98 Å². The molecule has 0 bridgehead atoms. The third-order valence-corrected chi connectivity index (χ3v) is 4.01. The van der Waals surface area contributed by atoms with Crippen LogP contribution in [0.4, 0.5) is 10.8 Å². The topological polar surface area (TPSA) is 77.2 Å². The van der Waals surface area contributed by atoms with Gasteiger partial charge in [-0.3, -0.25) is 4.79 Å². The van der Waals surface area contributed by atoms with E-state index in [2.05, 4.69) is 10.3 Å². The van der Waals surface area contributed by atoms with E-state index in [4.69, 9.17) is 10.5 Å². The second-order valence-corrected chi connectivity index (χ2v) is 5.97. The summed E-state index contributed by atoms with van der Waals surface area (Å²) in [5.41, 5.74) is 8.02. The van der Waals surface area contributed by atoms with Crippen molar-refractivity contribution in [3.8, 4) is 17.0 Å². The van der Waals surface area contributed by atoms with Crippen LogP contribution in [-0.4, -0.2) is 17.5 Å². The Morgan fingerprint density at radius 1 is 1.12 bits per heavy atom. The largest absolute Gasteiger partial charge is 0.493 e. The lowest BCUT2D eigenvalue weighted by molar-refractivity contribution is -0.116. The third-order valence-electron chi connectivity index (χ3n) is 3.34. The van der Waals surface area contributed by atoms with Gasteiger partial charge in [-0.15, -0.1) is 11.3 Å². The predicted molar refractivity (Wildman–Crippen MR) is 97.1 cm³/mol. The van der Waals surface area contributed by atoms with Crippen molar-refractivity contribution in [3.63, 3.8) is 0 Å². The van der Waals surface area contributed by atoms with Crippen LogP contribution in [0, 0.1) is 0 Å². The van der Waals surface area contributed by atoms with Crippen LogP contribution in [0.2, 0.25) is 0 Å². The minimum Gasteiger partial charge on any atom is -0.493 e. The van der Waals surface area contributed by atoms with Crippen molar-refractivity contribution in [3.05, 3.63) is 60.0 Å². The number of nitrogen functional groups attached to an aromatic ring is 1. The number of carbonyl (C=O) groups is 1. The van der Waals surface area contributed by atoms with Crippen molar-refractivity contribution in [1.29, 1.82) is 0 Å². The molecule has 0 radical (unpaired) electrons. The molecule has 2 aromatic carbocycles. The maximum absolute atomic E-state index is 12.2. The van der Waals surface area contributed by atoms with E-state index in [-0.39, 0.29) is 12.3 Å². The summed E-state index contributed by atoms with van der Waals surface area (Å²) in [6, 6.07) is 17.0. The fourth-order valence-electron chi connectivity index (χ4n) is 2.22. The van der Waals surface area contributed by atoms with Crippen molar-refractivity contribution < 1.29 is 9.53 Å². The molecule has 122 valence electrons. The van der Waals surface area contributed by atoms with Gasteiger partial charge in [0.15, 0.2) is 5.13 Å². The molecular formula is C18H17N3O2S. The molecule has 0 aliphatic carbocycles. The molecule has 3 rings (SSSR count). The molecule has 0 fully saturated rings. The first-order valence-corrected chi connectivity index (χ1v) is 8.38. The molecule has 0 spiro atoms. The highest BCUT2D eigenvalue weighted by Crippen LogP contribution is 2.29. The van der Waals surface area contributed by atoms with Crippen LogP contribution in [0.25, 0.3) is 11.3 Å². The average Bonchev–Trinajstić information content (AvgIpc) is 3.02. The lowest BCUT2D eigenvalue weighted by Crippen LogP contribution is -2.15. The molecule has 0 aliphatic heterocycles. The molecule has 5 nitrogen and oxygen atoms in total. The first kappa shape index (κ1) is 16.0. The van der Waals surface area contributed by atoms with Gasteiger partial charge < -0.3 is 15.8 Å². The first-order valence-electron chi connectivity index (χ1n) is 7.50. The van der Waals surface area contributed by atoms with E-state index in [0.29, 0.717) is 17.4 Å². The Morgan fingerprint density at radius 3 is 2.62 bits per heavy atom. The number of hydrogen-bond donors (Lipinski definition) is 2. The molecule has 24 heavy (non-hydrogen) atoms. The van der Waals surface area contributed by atoms with Crippen LogP contribution >= 0.6 is 11.3 Å². The summed E-state index contributed by atoms with van der Waals surface area (Å²) in [6.07, 6.45) is 0.266. The van der Waals surface area contributed by atoms with Crippen LogP contribution in [0.1, 0.15) is 6.42 Å². The number of hydrogen-bond acceptors (Lipinski definition) is 5. The Morgan fingerprint density at radius 2 is 1.88 bits per heavy atom. The monoisotopic (exact) mass is 339 g/mol. The molecule has 0 saturated carbocycles. The Bertz CT molecular complexity index is 818. The second-order valence-electron chi connectivity index (χ2n) is 5.08. The van der Waals surface area contributed by atoms with Crippen LogP contribution in [0.5, 0.6) is 5.75 Å². The Kier molecular flexibility index (Phi) is 5.08. The van der Waals surface area contributed by atoms with Gasteiger partial charge in [-0.25, -0.2) is 4.98 Å². The number of para-hydroxylation sites is 2. The third kappa shape index (κ3) is 4.11. The minimum absolute atomic E-state index is 0.110. The lowest BCUT2D eigenvalue weighted by atomic mass is 10.1. The zero-order valence-electron chi connectivity index (χ0n) is 12.9. The highest BCUT2D eigenvalue weighted by molar-refractivity contribution is 7.13. The predicted octanol–water partition coefficient (Wildman–Crippen LogP) is 3.80. The van der Waals surface area contributed by atoms with Gasteiger partial charge in [0.25, 0.3) is 0 Å². The second kappa shape index (κ2) is 7.61. The van der Waals surface area contributed by atoms with Crippen molar-refractivity contribution in [2.45, 2.75) is 6.42 Å². The first-order chi connectivity index (χ1) is 11.7. The van der Waals surface area contributed by atoms with Gasteiger partial charge in [0.2, 0.25) is 5.91 Å². The van der Waals surface area contributed by atoms with Gasteiger partial charge >= 0.3 is 0 Å². The summed E-state index contributed by atoms with van der Waals surface area (Å²) in [4.78, 5) is 16.4. The van der Waals surface area contributed by atoms with Gasteiger partial charge in [-0.1, -0.05) is 36.4 Å². The molecule has 3 aromatic rings. The van der Waals surface area contributed by atoms with E-state index in [1.54, 1.807) is 0 Å². The standard InChI is InChI=1S/C18H17N3O2S/c19-18-21-16(12-24-18)14-8-4-5-9-15(14)20-17(22)10-11-23-13-6-2-1-3-7-13/h1-9,12H,10-11H2,(H2,19,21)(H,20,22). The number of amides is 1. The van der Waals surface area contributed by atoms with E-state index in [0.717, 1.165) is 17.0 Å².